The lowest BCUT2D eigenvalue weighted by Gasteiger charge is -2.36. The minimum Gasteiger partial charge on any atom is -0.391 e. The molecule has 27 heavy (non-hydrogen) atoms. The highest BCUT2D eigenvalue weighted by atomic mass is 79.9. The van der Waals surface area contributed by atoms with Gasteiger partial charge in [0.25, 0.3) is 5.91 Å². The Kier molecular flexibility index (Phi) is 6.63. The third-order valence-corrected chi connectivity index (χ3v) is 5.80. The lowest BCUT2D eigenvalue weighted by atomic mass is 9.86. The Labute approximate surface area is 168 Å². The highest BCUT2D eigenvalue weighted by Gasteiger charge is 2.31. The zero-order valence-corrected chi connectivity index (χ0v) is 17.4. The normalized spacial score (nSPS) is 19.9. The van der Waals surface area contributed by atoms with E-state index in [0.717, 1.165) is 25.1 Å². The average Bonchev–Trinajstić information content (AvgIpc) is 2.64. The molecule has 0 aliphatic carbocycles. The van der Waals surface area contributed by atoms with Gasteiger partial charge in [-0.15, -0.1) is 0 Å². The van der Waals surface area contributed by atoms with Crippen LogP contribution in [0.15, 0.2) is 41.0 Å². The van der Waals surface area contributed by atoms with Crippen molar-refractivity contribution < 1.29 is 9.90 Å². The first kappa shape index (κ1) is 20.0. The summed E-state index contributed by atoms with van der Waals surface area (Å²) in [6, 6.07) is 12.0. The van der Waals surface area contributed by atoms with Crippen LogP contribution in [0, 0.1) is 12.8 Å². The lowest BCUT2D eigenvalue weighted by molar-refractivity contribution is 0.0196. The van der Waals surface area contributed by atoms with E-state index in [-0.39, 0.29) is 11.8 Å². The molecule has 1 saturated heterocycles. The Morgan fingerprint density at radius 3 is 2.70 bits per heavy atom. The van der Waals surface area contributed by atoms with Crippen molar-refractivity contribution in [2.24, 2.45) is 5.92 Å². The van der Waals surface area contributed by atoms with Gasteiger partial charge < -0.3 is 15.3 Å². The smallest absolute Gasteiger partial charge is 0.256 e. The van der Waals surface area contributed by atoms with Gasteiger partial charge in [-0.3, -0.25) is 4.79 Å². The minimum absolute atomic E-state index is 0.0811. The molecule has 1 aliphatic rings. The summed E-state index contributed by atoms with van der Waals surface area (Å²) in [6.45, 7) is 3.71. The molecule has 0 bridgehead atoms. The summed E-state index contributed by atoms with van der Waals surface area (Å²) < 4.78 is 0.560. The molecule has 5 nitrogen and oxygen atoms in total. The van der Waals surface area contributed by atoms with Gasteiger partial charge in [-0.05, 0) is 71.9 Å². The van der Waals surface area contributed by atoms with Gasteiger partial charge in [0.1, 0.15) is 4.60 Å². The van der Waals surface area contributed by atoms with Crippen molar-refractivity contribution in [2.45, 2.75) is 32.4 Å². The van der Waals surface area contributed by atoms with E-state index in [1.165, 1.54) is 11.1 Å². The van der Waals surface area contributed by atoms with E-state index >= 15 is 0 Å². The van der Waals surface area contributed by atoms with Crippen LogP contribution in [0.25, 0.3) is 0 Å². The van der Waals surface area contributed by atoms with Crippen LogP contribution in [0.5, 0.6) is 0 Å². The Bertz CT molecular complexity index is 812. The largest absolute Gasteiger partial charge is 0.391 e. The number of aryl methyl sites for hydroxylation is 1. The predicted molar refractivity (Wildman–Crippen MR) is 110 cm³/mol. The number of aromatic nitrogens is 1. The number of aliphatic hydroxyl groups is 1. The number of aliphatic hydroxyl groups excluding tert-OH is 1. The third kappa shape index (κ3) is 4.75. The second kappa shape index (κ2) is 8.95. The topological polar surface area (TPSA) is 65.5 Å². The molecule has 0 saturated carbocycles. The van der Waals surface area contributed by atoms with Gasteiger partial charge in [-0.25, -0.2) is 4.98 Å². The van der Waals surface area contributed by atoms with Gasteiger partial charge in [-0.1, -0.05) is 24.3 Å². The maximum Gasteiger partial charge on any atom is 0.256 e. The second-order valence-electron chi connectivity index (χ2n) is 7.16. The number of β-amino-alcohol motifs (C(OH)–C–C–N with tert-alkyl or cyclic N) is 1. The summed E-state index contributed by atoms with van der Waals surface area (Å²) in [6.07, 6.45) is 1.09. The predicted octanol–water partition coefficient (Wildman–Crippen LogP) is 2.94. The molecule has 0 radical (unpaired) electrons. The van der Waals surface area contributed by atoms with Crippen LogP contribution in [-0.2, 0) is 13.0 Å². The first-order chi connectivity index (χ1) is 13.0. The Morgan fingerprint density at radius 1 is 1.30 bits per heavy atom. The fourth-order valence-corrected chi connectivity index (χ4v) is 4.24. The maximum absolute atomic E-state index is 12.8. The number of carbonyl (C=O) groups is 1. The van der Waals surface area contributed by atoms with Gasteiger partial charge in [0.05, 0.1) is 11.7 Å². The summed E-state index contributed by atoms with van der Waals surface area (Å²) in [5.74, 6) is 0.0779. The molecule has 1 aromatic carbocycles. The standard InChI is InChI=1S/C21H26BrN3O2/c1-14-7-8-18(20(22)24-14)21(27)25-10-9-16(19(26)13-25)11-15-5-3-4-6-17(15)12-23-2/h3-8,16,19,23,26H,9-13H2,1-2H3. The molecule has 2 aromatic rings. The molecule has 1 fully saturated rings. The van der Waals surface area contributed by atoms with Crippen molar-refractivity contribution >= 4 is 21.8 Å². The Balaban J connectivity index is 1.66. The number of hydrogen-bond donors (Lipinski definition) is 2. The van der Waals surface area contributed by atoms with E-state index in [9.17, 15) is 9.90 Å². The number of nitrogens with one attached hydrogen (secondary N) is 1. The van der Waals surface area contributed by atoms with Crippen molar-refractivity contribution in [3.8, 4) is 0 Å². The number of halogens is 1. The van der Waals surface area contributed by atoms with Gasteiger partial charge in [0, 0.05) is 25.3 Å². The van der Waals surface area contributed by atoms with Crippen LogP contribution < -0.4 is 5.32 Å². The van der Waals surface area contributed by atoms with Gasteiger partial charge in [0.2, 0.25) is 0 Å². The van der Waals surface area contributed by atoms with Crippen LogP contribution >= 0.6 is 15.9 Å². The molecule has 144 valence electrons. The van der Waals surface area contributed by atoms with E-state index < -0.39 is 6.10 Å². The van der Waals surface area contributed by atoms with Crippen LogP contribution in [0.3, 0.4) is 0 Å². The second-order valence-corrected chi connectivity index (χ2v) is 7.91. The van der Waals surface area contributed by atoms with Crippen molar-refractivity contribution in [1.29, 1.82) is 0 Å². The number of benzene rings is 1. The zero-order valence-electron chi connectivity index (χ0n) is 15.8. The van der Waals surface area contributed by atoms with E-state index in [1.807, 2.05) is 32.2 Å². The van der Waals surface area contributed by atoms with Crippen molar-refractivity contribution in [1.82, 2.24) is 15.2 Å². The highest BCUT2D eigenvalue weighted by molar-refractivity contribution is 9.10. The monoisotopic (exact) mass is 431 g/mol. The molecule has 2 unspecified atom stereocenters. The lowest BCUT2D eigenvalue weighted by Crippen LogP contribution is -2.47. The summed E-state index contributed by atoms with van der Waals surface area (Å²) in [5.41, 5.74) is 3.93. The fraction of sp³-hybridized carbons (Fsp3) is 0.429. The quantitative estimate of drug-likeness (QED) is 0.714. The van der Waals surface area contributed by atoms with Gasteiger partial charge >= 0.3 is 0 Å². The van der Waals surface area contributed by atoms with E-state index in [4.69, 9.17) is 0 Å². The highest BCUT2D eigenvalue weighted by Crippen LogP contribution is 2.26. The molecule has 0 spiro atoms. The Hall–Kier alpha value is -1.76. The van der Waals surface area contributed by atoms with Crippen molar-refractivity contribution in [2.75, 3.05) is 20.1 Å². The fourth-order valence-electron chi connectivity index (χ4n) is 3.66. The zero-order chi connectivity index (χ0) is 19.4. The third-order valence-electron chi connectivity index (χ3n) is 5.19. The number of carbonyl (C=O) groups excluding carboxylic acids is 1. The van der Waals surface area contributed by atoms with Gasteiger partial charge in [-0.2, -0.15) is 0 Å². The molecular weight excluding hydrogens is 406 g/mol. The van der Waals surface area contributed by atoms with Crippen molar-refractivity contribution in [3.05, 3.63) is 63.4 Å². The molecule has 3 rings (SSSR count). The first-order valence-corrected chi connectivity index (χ1v) is 10.1. The number of nitrogens with zero attached hydrogens (tertiary/aromatic N) is 2. The van der Waals surface area contributed by atoms with Crippen LogP contribution in [-0.4, -0.2) is 47.1 Å². The van der Waals surface area contributed by atoms with Crippen LogP contribution in [0.4, 0.5) is 0 Å². The molecule has 1 aliphatic heterocycles. The number of amides is 1. The van der Waals surface area contributed by atoms with E-state index in [0.29, 0.717) is 23.3 Å². The molecule has 1 aromatic heterocycles. The number of hydrogen-bond acceptors (Lipinski definition) is 4. The molecule has 2 N–H and O–H groups in total. The number of rotatable bonds is 5. The van der Waals surface area contributed by atoms with Crippen molar-refractivity contribution in [3.63, 3.8) is 0 Å². The molecule has 6 heteroatoms. The summed E-state index contributed by atoms with van der Waals surface area (Å²) in [5, 5.41) is 13.9. The Morgan fingerprint density at radius 2 is 2.04 bits per heavy atom. The van der Waals surface area contributed by atoms with Gasteiger partial charge in [0.15, 0.2) is 0 Å². The summed E-state index contributed by atoms with van der Waals surface area (Å²) in [4.78, 5) is 18.9. The van der Waals surface area contributed by atoms with Crippen LogP contribution in [0.2, 0.25) is 0 Å². The minimum atomic E-state index is -0.525. The van der Waals surface area contributed by atoms with E-state index in [1.54, 1.807) is 11.0 Å². The summed E-state index contributed by atoms with van der Waals surface area (Å²) >= 11 is 3.38. The van der Waals surface area contributed by atoms with E-state index in [2.05, 4.69) is 38.4 Å². The number of piperidine rings is 1. The molecule has 1 amide bonds. The molecule has 2 atom stereocenters. The summed E-state index contributed by atoms with van der Waals surface area (Å²) in [7, 11) is 1.94. The SMILES string of the molecule is CNCc1ccccc1CC1CCN(C(=O)c2ccc(C)nc2Br)CC1O. The average molecular weight is 432 g/mol. The number of pyridine rings is 1. The maximum atomic E-state index is 12.8. The first-order valence-electron chi connectivity index (χ1n) is 9.31. The number of likely N-dealkylation sites (tertiary alicyclic amines) is 1. The molecular formula is C21H26BrN3O2. The molecule has 2 heterocycles. The van der Waals surface area contributed by atoms with Crippen LogP contribution in [0.1, 0.15) is 33.6 Å².